The average Bonchev–Trinajstić information content (AvgIpc) is 2.61. The minimum absolute atomic E-state index is 0.800. The van der Waals surface area contributed by atoms with Crippen LogP contribution >= 0.6 is 12.2 Å². The second-order valence-corrected chi connectivity index (χ2v) is 5.54. The predicted molar refractivity (Wildman–Crippen MR) is 80.9 cm³/mol. The minimum atomic E-state index is 0.800. The largest absolute Gasteiger partial charge is 0.385 e. The van der Waals surface area contributed by atoms with Crippen molar-refractivity contribution in [3.63, 3.8) is 0 Å². The van der Waals surface area contributed by atoms with Crippen molar-refractivity contribution in [2.75, 3.05) is 33.4 Å². The highest BCUT2D eigenvalue weighted by Crippen LogP contribution is 2.21. The SMILES string of the molecule is CCCC1CCCN(C(=S)NCCCOC)CC1. The van der Waals surface area contributed by atoms with E-state index in [0.29, 0.717) is 0 Å². The van der Waals surface area contributed by atoms with Crippen LogP contribution < -0.4 is 5.32 Å². The van der Waals surface area contributed by atoms with Gasteiger partial charge in [0, 0.05) is 33.4 Å². The van der Waals surface area contributed by atoms with E-state index in [1.807, 2.05) is 0 Å². The Labute approximate surface area is 117 Å². The molecule has 18 heavy (non-hydrogen) atoms. The van der Waals surface area contributed by atoms with Gasteiger partial charge in [-0.15, -0.1) is 0 Å². The first-order valence-corrected chi connectivity index (χ1v) is 7.70. The molecule has 1 fully saturated rings. The van der Waals surface area contributed by atoms with Gasteiger partial charge < -0.3 is 15.0 Å². The van der Waals surface area contributed by atoms with Gasteiger partial charge in [-0.2, -0.15) is 0 Å². The van der Waals surface area contributed by atoms with Crippen LogP contribution in [0.1, 0.15) is 45.4 Å². The van der Waals surface area contributed by atoms with Gasteiger partial charge in [-0.3, -0.25) is 0 Å². The number of nitrogens with one attached hydrogen (secondary N) is 1. The van der Waals surface area contributed by atoms with Gasteiger partial charge in [0.25, 0.3) is 0 Å². The first-order valence-electron chi connectivity index (χ1n) is 7.29. The first-order chi connectivity index (χ1) is 8.77. The molecule has 0 aromatic carbocycles. The second kappa shape index (κ2) is 9.56. The third kappa shape index (κ3) is 6.01. The van der Waals surface area contributed by atoms with Crippen molar-refractivity contribution in [3.8, 4) is 0 Å². The highest BCUT2D eigenvalue weighted by Gasteiger charge is 2.17. The maximum atomic E-state index is 5.46. The molecule has 3 nitrogen and oxygen atoms in total. The number of thiocarbonyl (C=S) groups is 1. The van der Waals surface area contributed by atoms with Gasteiger partial charge in [-0.1, -0.05) is 19.8 Å². The smallest absolute Gasteiger partial charge is 0.168 e. The van der Waals surface area contributed by atoms with Crippen molar-refractivity contribution in [2.45, 2.75) is 45.4 Å². The van der Waals surface area contributed by atoms with Gasteiger partial charge >= 0.3 is 0 Å². The van der Waals surface area contributed by atoms with Crippen LogP contribution in [0, 0.1) is 5.92 Å². The number of rotatable bonds is 6. The molecule has 0 amide bonds. The summed E-state index contributed by atoms with van der Waals surface area (Å²) in [5.74, 6) is 0.913. The molecular formula is C14H28N2OS. The van der Waals surface area contributed by atoms with Crippen LogP contribution in [0.4, 0.5) is 0 Å². The Bertz CT molecular complexity index is 236. The molecule has 4 heteroatoms. The zero-order chi connectivity index (χ0) is 13.2. The molecule has 1 N–H and O–H groups in total. The summed E-state index contributed by atoms with van der Waals surface area (Å²) in [7, 11) is 1.74. The lowest BCUT2D eigenvalue weighted by atomic mass is 9.96. The zero-order valence-electron chi connectivity index (χ0n) is 11.9. The van der Waals surface area contributed by atoms with E-state index in [2.05, 4.69) is 17.1 Å². The van der Waals surface area contributed by atoms with Crippen LogP contribution in [0.25, 0.3) is 0 Å². The molecule has 1 saturated heterocycles. The molecule has 1 unspecified atom stereocenters. The predicted octanol–water partition coefficient (Wildman–Crippen LogP) is 2.80. The van der Waals surface area contributed by atoms with E-state index in [4.69, 9.17) is 17.0 Å². The van der Waals surface area contributed by atoms with E-state index in [9.17, 15) is 0 Å². The van der Waals surface area contributed by atoms with Crippen molar-refractivity contribution in [2.24, 2.45) is 5.92 Å². The maximum absolute atomic E-state index is 5.46. The molecule has 0 spiro atoms. The van der Waals surface area contributed by atoms with Crippen LogP contribution in [0.5, 0.6) is 0 Å². The molecule has 0 radical (unpaired) electrons. The number of hydrogen-bond donors (Lipinski definition) is 1. The normalized spacial score (nSPS) is 20.6. The number of ether oxygens (including phenoxy) is 1. The van der Waals surface area contributed by atoms with Gasteiger partial charge in [0.2, 0.25) is 0 Å². The fourth-order valence-corrected chi connectivity index (χ4v) is 2.87. The Kier molecular flexibility index (Phi) is 8.34. The van der Waals surface area contributed by atoms with Crippen molar-refractivity contribution < 1.29 is 4.74 Å². The number of likely N-dealkylation sites (tertiary alicyclic amines) is 1. The van der Waals surface area contributed by atoms with Crippen molar-refractivity contribution in [1.82, 2.24) is 10.2 Å². The summed E-state index contributed by atoms with van der Waals surface area (Å²) in [4.78, 5) is 2.35. The zero-order valence-corrected chi connectivity index (χ0v) is 12.7. The minimum Gasteiger partial charge on any atom is -0.385 e. The van der Waals surface area contributed by atoms with Gasteiger partial charge in [-0.25, -0.2) is 0 Å². The van der Waals surface area contributed by atoms with Crippen LogP contribution in [-0.4, -0.2) is 43.4 Å². The van der Waals surface area contributed by atoms with E-state index < -0.39 is 0 Å². The highest BCUT2D eigenvalue weighted by atomic mass is 32.1. The van der Waals surface area contributed by atoms with E-state index in [1.54, 1.807) is 7.11 Å². The molecule has 106 valence electrons. The molecule has 0 aromatic rings. The Morgan fingerprint density at radius 3 is 2.94 bits per heavy atom. The first kappa shape index (κ1) is 15.7. The summed E-state index contributed by atoms with van der Waals surface area (Å²) >= 11 is 5.46. The Hall–Kier alpha value is -0.350. The van der Waals surface area contributed by atoms with Crippen molar-refractivity contribution in [3.05, 3.63) is 0 Å². The van der Waals surface area contributed by atoms with Gasteiger partial charge in [0.15, 0.2) is 5.11 Å². The van der Waals surface area contributed by atoms with Crippen LogP contribution in [0.15, 0.2) is 0 Å². The summed E-state index contributed by atoms with van der Waals surface area (Å²) in [6.07, 6.45) is 7.66. The number of hydrogen-bond acceptors (Lipinski definition) is 2. The van der Waals surface area contributed by atoms with Crippen LogP contribution in [-0.2, 0) is 4.74 Å². The van der Waals surface area contributed by atoms with Gasteiger partial charge in [0.05, 0.1) is 0 Å². The van der Waals surface area contributed by atoms with Crippen molar-refractivity contribution >= 4 is 17.3 Å². The number of methoxy groups -OCH3 is 1. The monoisotopic (exact) mass is 272 g/mol. The number of nitrogens with zero attached hydrogens (tertiary/aromatic N) is 1. The standard InChI is InChI=1S/C14H28N2OS/c1-3-6-13-7-4-10-16(11-8-13)14(18)15-9-5-12-17-2/h13H,3-12H2,1-2H3,(H,15,18). The molecule has 1 aliphatic rings. The Morgan fingerprint density at radius 2 is 2.22 bits per heavy atom. The lowest BCUT2D eigenvalue weighted by Gasteiger charge is -2.24. The summed E-state index contributed by atoms with van der Waals surface area (Å²) in [5.41, 5.74) is 0. The molecule has 0 bridgehead atoms. The Balaban J connectivity index is 2.22. The van der Waals surface area contributed by atoms with E-state index in [1.165, 1.54) is 32.1 Å². The molecule has 1 rings (SSSR count). The van der Waals surface area contributed by atoms with Crippen LogP contribution in [0.2, 0.25) is 0 Å². The lowest BCUT2D eigenvalue weighted by molar-refractivity contribution is 0.195. The third-order valence-corrected chi connectivity index (χ3v) is 4.04. The van der Waals surface area contributed by atoms with Crippen LogP contribution in [0.3, 0.4) is 0 Å². The summed E-state index contributed by atoms with van der Waals surface area (Å²) < 4.78 is 5.03. The molecule has 0 aromatic heterocycles. The Morgan fingerprint density at radius 1 is 1.39 bits per heavy atom. The fraction of sp³-hybridized carbons (Fsp3) is 0.929. The van der Waals surface area contributed by atoms with E-state index >= 15 is 0 Å². The topological polar surface area (TPSA) is 24.5 Å². The second-order valence-electron chi connectivity index (χ2n) is 5.15. The molecular weight excluding hydrogens is 244 g/mol. The highest BCUT2D eigenvalue weighted by molar-refractivity contribution is 7.80. The summed E-state index contributed by atoms with van der Waals surface area (Å²) in [6.45, 7) is 6.25. The molecule has 0 saturated carbocycles. The average molecular weight is 272 g/mol. The molecule has 0 aliphatic carbocycles. The van der Waals surface area contributed by atoms with E-state index in [0.717, 1.165) is 43.7 Å². The third-order valence-electron chi connectivity index (χ3n) is 3.63. The fourth-order valence-electron chi connectivity index (χ4n) is 2.59. The molecule has 1 atom stereocenters. The summed E-state index contributed by atoms with van der Waals surface area (Å²) in [5, 5.41) is 4.27. The molecule has 1 heterocycles. The van der Waals surface area contributed by atoms with Gasteiger partial charge in [-0.05, 0) is 43.8 Å². The quantitative estimate of drug-likeness (QED) is 0.593. The lowest BCUT2D eigenvalue weighted by Crippen LogP contribution is -2.40. The summed E-state index contributed by atoms with van der Waals surface area (Å²) in [6, 6.07) is 0. The van der Waals surface area contributed by atoms with Crippen molar-refractivity contribution in [1.29, 1.82) is 0 Å². The van der Waals surface area contributed by atoms with E-state index in [-0.39, 0.29) is 0 Å². The van der Waals surface area contributed by atoms with Gasteiger partial charge in [0.1, 0.15) is 0 Å². The molecule has 1 aliphatic heterocycles. The maximum Gasteiger partial charge on any atom is 0.168 e.